The molecule has 0 heterocycles. The highest BCUT2D eigenvalue weighted by Crippen LogP contribution is 2.27. The van der Waals surface area contributed by atoms with Crippen LogP contribution in [0.1, 0.15) is 44.5 Å². The van der Waals surface area contributed by atoms with Crippen LogP contribution in [0.25, 0.3) is 93.1 Å². The minimum atomic E-state index is 0.194. The average molecular weight is 798 g/mol. The zero-order valence-corrected chi connectivity index (χ0v) is 34.1. The molecule has 13 aliphatic rings. The summed E-state index contributed by atoms with van der Waals surface area (Å²) in [6.07, 6.45) is 17.4. The molecule has 0 saturated heterocycles. The van der Waals surface area contributed by atoms with Gasteiger partial charge >= 0.3 is 0 Å². The first kappa shape index (κ1) is 39.1. The van der Waals surface area contributed by atoms with Gasteiger partial charge in [0.05, 0.1) is 5.34 Å². The molecule has 2 heteroatoms. The normalized spacial score (nSPS) is 13.9. The summed E-state index contributed by atoms with van der Waals surface area (Å²) in [7, 11) is 0. The molecule has 0 nitrogen and oxygen atoms in total. The van der Waals surface area contributed by atoms with Crippen molar-refractivity contribution in [2.75, 3.05) is 5.34 Å². The van der Waals surface area contributed by atoms with E-state index in [-0.39, 0.29) is 5.34 Å². The Hall–Kier alpha value is -6.70. The third-order valence-corrected chi connectivity index (χ3v) is 10.5. The molecule has 0 aliphatic heterocycles. The van der Waals surface area contributed by atoms with E-state index in [1.165, 1.54) is 89.0 Å². The summed E-state index contributed by atoms with van der Waals surface area (Å²) in [6, 6.07) is 70.2. The molecule has 8 aromatic rings. The molecule has 0 aromatic heterocycles. The number of hydrogen-bond acceptors (Lipinski definition) is 0. The lowest BCUT2D eigenvalue weighted by molar-refractivity contribution is 1.57. The van der Waals surface area contributed by atoms with Crippen LogP contribution >= 0.6 is 23.2 Å². The predicted octanol–water partition coefficient (Wildman–Crippen LogP) is 16.8. The smallest absolute Gasteiger partial charge is 0.0967 e. The highest BCUT2D eigenvalue weighted by Gasteiger charge is 2.03. The van der Waals surface area contributed by atoms with Crippen LogP contribution in [0.3, 0.4) is 0 Å². The second-order valence-corrected chi connectivity index (χ2v) is 15.2. The molecule has 0 radical (unpaired) electrons. The Bertz CT molecular complexity index is 2120. The fraction of sp³-hybridized carbons (Fsp3) is 0.0175. The van der Waals surface area contributed by atoms with Crippen molar-refractivity contribution in [2.45, 2.75) is 0 Å². The Morgan fingerprint density at radius 1 is 0.169 bits per heavy atom. The van der Waals surface area contributed by atoms with E-state index in [0.717, 1.165) is 0 Å². The van der Waals surface area contributed by atoms with Crippen LogP contribution in [0.4, 0.5) is 0 Å². The van der Waals surface area contributed by atoms with Crippen molar-refractivity contribution in [1.29, 1.82) is 0 Å². The zero-order valence-electron chi connectivity index (χ0n) is 32.6. The van der Waals surface area contributed by atoms with E-state index in [4.69, 9.17) is 23.2 Å². The average Bonchev–Trinajstić information content (AvgIpc) is 3.30. The van der Waals surface area contributed by atoms with Gasteiger partial charge in [0.1, 0.15) is 0 Å². The Morgan fingerprint density at radius 2 is 0.254 bits per heavy atom. The molecular formula is C57H42Cl2. The molecule has 0 unspecified atom stereocenters. The van der Waals surface area contributed by atoms with Gasteiger partial charge in [0.2, 0.25) is 0 Å². The first-order chi connectivity index (χ1) is 29.1. The first-order valence-electron chi connectivity index (χ1n) is 19.7. The summed E-state index contributed by atoms with van der Waals surface area (Å²) in [4.78, 5) is 0. The van der Waals surface area contributed by atoms with Crippen molar-refractivity contribution in [3.63, 3.8) is 0 Å². The summed E-state index contributed by atoms with van der Waals surface area (Å²) in [5, 5.41) is 0.194. The molecule has 0 spiro atoms. The fourth-order valence-electron chi connectivity index (χ4n) is 7.06. The third-order valence-electron chi connectivity index (χ3n) is 10.5. The van der Waals surface area contributed by atoms with E-state index < -0.39 is 0 Å². The van der Waals surface area contributed by atoms with Crippen molar-refractivity contribution in [1.82, 2.24) is 0 Å². The van der Waals surface area contributed by atoms with E-state index in [1.54, 1.807) is 0 Å². The molecule has 0 saturated carbocycles. The largest absolute Gasteiger partial charge is 0.109 e. The maximum absolute atomic E-state index is 4.76. The molecule has 284 valence electrons. The van der Waals surface area contributed by atoms with Gasteiger partial charge in [-0.2, -0.15) is 0 Å². The molecule has 0 fully saturated rings. The first-order valence-corrected chi connectivity index (χ1v) is 20.8. The SMILES string of the molecule is C1=C\c2ccc(cc2)-c2ccc(cc2)/C=C\c2ccc(cc2)-c2ccc(cc2)/C=C\c2ccc(cc2)-c2ccc(cc2)/C=C\c2ccc(cc2)-c2ccc/1cc2.ClCCl. The van der Waals surface area contributed by atoms with E-state index in [2.05, 4.69) is 243 Å². The summed E-state index contributed by atoms with van der Waals surface area (Å²) >= 11 is 9.53. The molecule has 13 aliphatic carbocycles. The summed E-state index contributed by atoms with van der Waals surface area (Å²) in [5.41, 5.74) is 19.1. The third kappa shape index (κ3) is 10.4. The lowest BCUT2D eigenvalue weighted by Crippen LogP contribution is -1.82. The highest BCUT2D eigenvalue weighted by atomic mass is 35.5. The second-order valence-electron chi connectivity index (χ2n) is 14.4. The van der Waals surface area contributed by atoms with Crippen molar-refractivity contribution in [3.05, 3.63) is 239 Å². The molecule has 21 rings (SSSR count). The quantitative estimate of drug-likeness (QED) is 0.134. The molecule has 0 N–H and O–H groups in total. The van der Waals surface area contributed by atoms with E-state index in [0.29, 0.717) is 0 Å². The summed E-state index contributed by atoms with van der Waals surface area (Å²) < 4.78 is 0. The molecule has 0 atom stereocenters. The molecule has 8 aromatic carbocycles. The maximum Gasteiger partial charge on any atom is 0.0967 e. The molecule has 16 bridgehead atoms. The standard InChI is InChI=1S/C56H40.CH2Cl2/c1-2-42-11-27-50(28-12-42)52-31-15-44(16-32-52)5-6-46-19-35-54(36-20-46)56-39-23-48(24-40-56)8-7-47-21-37-55(38-22-47)53-33-17-45(18-34-53)4-3-43-13-29-51(30-14-43)49-25-9-41(1)10-26-49;2-1-3/h1-40H;1H2/b2-1-,4-3-,6-5-,8-7-,41-1?,42-2?,43-3?,44-5?,45-4?,46-6?,47-7?,48-8?,51-49?,52-50?,55-53?,56-54?;. The number of halogens is 2. The van der Waals surface area contributed by atoms with Gasteiger partial charge in [0.15, 0.2) is 0 Å². The van der Waals surface area contributed by atoms with E-state index in [9.17, 15) is 0 Å². The van der Waals surface area contributed by atoms with Crippen LogP contribution < -0.4 is 0 Å². The van der Waals surface area contributed by atoms with Gasteiger partial charge < -0.3 is 0 Å². The van der Waals surface area contributed by atoms with Gasteiger partial charge in [-0.3, -0.25) is 0 Å². The van der Waals surface area contributed by atoms with Crippen LogP contribution in [0.5, 0.6) is 0 Å². The van der Waals surface area contributed by atoms with Crippen LogP contribution in [-0.2, 0) is 0 Å². The van der Waals surface area contributed by atoms with Gasteiger partial charge in [0, 0.05) is 0 Å². The minimum absolute atomic E-state index is 0.194. The minimum Gasteiger partial charge on any atom is -0.109 e. The van der Waals surface area contributed by atoms with Crippen LogP contribution in [-0.4, -0.2) is 5.34 Å². The van der Waals surface area contributed by atoms with Crippen LogP contribution in [0.15, 0.2) is 194 Å². The predicted molar refractivity (Wildman–Crippen MR) is 260 cm³/mol. The van der Waals surface area contributed by atoms with Crippen molar-refractivity contribution in [2.24, 2.45) is 0 Å². The highest BCUT2D eigenvalue weighted by molar-refractivity contribution is 6.40. The van der Waals surface area contributed by atoms with Crippen molar-refractivity contribution >= 4 is 71.8 Å². The fourth-order valence-corrected chi connectivity index (χ4v) is 7.06. The lowest BCUT2D eigenvalue weighted by atomic mass is 10.00. The zero-order chi connectivity index (χ0) is 40.2. The van der Waals surface area contributed by atoms with Crippen molar-refractivity contribution < 1.29 is 0 Å². The Labute approximate surface area is 358 Å². The Morgan fingerprint density at radius 3 is 0.339 bits per heavy atom. The van der Waals surface area contributed by atoms with Crippen LogP contribution in [0, 0.1) is 0 Å². The maximum atomic E-state index is 4.76. The number of benzene rings is 8. The summed E-state index contributed by atoms with van der Waals surface area (Å²) in [5.74, 6) is 0. The molecule has 59 heavy (non-hydrogen) atoms. The van der Waals surface area contributed by atoms with Gasteiger partial charge in [0.25, 0.3) is 0 Å². The number of alkyl halides is 2. The van der Waals surface area contributed by atoms with E-state index in [1.807, 2.05) is 0 Å². The number of rotatable bonds is 0. The van der Waals surface area contributed by atoms with Crippen LogP contribution in [0.2, 0.25) is 0 Å². The topological polar surface area (TPSA) is 0 Å². The van der Waals surface area contributed by atoms with Gasteiger partial charge in [-0.1, -0.05) is 243 Å². The van der Waals surface area contributed by atoms with Gasteiger partial charge in [-0.25, -0.2) is 0 Å². The van der Waals surface area contributed by atoms with Crippen molar-refractivity contribution in [3.8, 4) is 44.5 Å². The van der Waals surface area contributed by atoms with Gasteiger partial charge in [-0.05, 0) is 89.0 Å². The second kappa shape index (κ2) is 19.2. The Balaban J connectivity index is 0.00000157. The van der Waals surface area contributed by atoms with Gasteiger partial charge in [-0.15, -0.1) is 23.2 Å². The lowest BCUT2D eigenvalue weighted by Gasteiger charge is -2.05. The van der Waals surface area contributed by atoms with E-state index >= 15 is 0 Å². The number of hydrogen-bond donors (Lipinski definition) is 0. The molecule has 0 amide bonds. The Kier molecular flexibility index (Phi) is 12.7. The summed E-state index contributed by atoms with van der Waals surface area (Å²) in [6.45, 7) is 0. The monoisotopic (exact) mass is 796 g/mol. The molecular weight excluding hydrogens is 756 g/mol.